The number of nitrogens with zero attached hydrogens (tertiary/aromatic N) is 2. The summed E-state index contributed by atoms with van der Waals surface area (Å²) in [4.78, 5) is 4.50. The van der Waals surface area contributed by atoms with E-state index in [1.54, 1.807) is 0 Å². The molecule has 0 aliphatic heterocycles. The summed E-state index contributed by atoms with van der Waals surface area (Å²) in [5.74, 6) is 2.66. The van der Waals surface area contributed by atoms with Crippen LogP contribution in [0.5, 0.6) is 0 Å². The zero-order valence-corrected chi connectivity index (χ0v) is 10.7. The number of terminal acetylenes is 1. The van der Waals surface area contributed by atoms with Crippen LogP contribution in [0, 0.1) is 12.3 Å². The molecule has 0 radical (unpaired) electrons. The van der Waals surface area contributed by atoms with Crippen LogP contribution in [0.4, 0.5) is 0 Å². The van der Waals surface area contributed by atoms with Gasteiger partial charge in [0.2, 0.25) is 0 Å². The van der Waals surface area contributed by atoms with E-state index < -0.39 is 0 Å². The SMILES string of the molecule is C#CCn1cnc(-c2ccccc2)c1/C(C)=C/C. The van der Waals surface area contributed by atoms with Gasteiger partial charge in [0.25, 0.3) is 0 Å². The number of imidazole rings is 1. The topological polar surface area (TPSA) is 17.8 Å². The second kappa shape index (κ2) is 5.37. The molecule has 0 saturated carbocycles. The Hall–Kier alpha value is -2.27. The molecule has 0 fully saturated rings. The highest BCUT2D eigenvalue weighted by molar-refractivity contribution is 5.76. The number of aromatic nitrogens is 2. The van der Waals surface area contributed by atoms with E-state index in [0.717, 1.165) is 17.0 Å². The Morgan fingerprint density at radius 3 is 2.72 bits per heavy atom. The summed E-state index contributed by atoms with van der Waals surface area (Å²) in [5.41, 5.74) is 4.38. The van der Waals surface area contributed by atoms with E-state index in [2.05, 4.69) is 36.0 Å². The van der Waals surface area contributed by atoms with Crippen molar-refractivity contribution in [2.24, 2.45) is 0 Å². The number of rotatable bonds is 3. The minimum absolute atomic E-state index is 0.542. The first-order chi connectivity index (χ1) is 8.77. The fourth-order valence-corrected chi connectivity index (χ4v) is 1.96. The van der Waals surface area contributed by atoms with Crippen molar-refractivity contribution in [3.05, 3.63) is 48.4 Å². The van der Waals surface area contributed by atoms with E-state index >= 15 is 0 Å². The molecule has 0 atom stereocenters. The van der Waals surface area contributed by atoms with Crippen LogP contribution in [0.3, 0.4) is 0 Å². The van der Waals surface area contributed by atoms with E-state index in [0.29, 0.717) is 6.54 Å². The first-order valence-electron chi connectivity index (χ1n) is 5.95. The third kappa shape index (κ3) is 2.21. The molecule has 2 nitrogen and oxygen atoms in total. The lowest BCUT2D eigenvalue weighted by molar-refractivity contribution is 0.826. The van der Waals surface area contributed by atoms with Gasteiger partial charge in [-0.05, 0) is 19.4 Å². The first-order valence-corrected chi connectivity index (χ1v) is 5.95. The van der Waals surface area contributed by atoms with Crippen molar-refractivity contribution in [3.8, 4) is 23.6 Å². The minimum Gasteiger partial charge on any atom is -0.319 e. The summed E-state index contributed by atoms with van der Waals surface area (Å²) in [5, 5.41) is 0. The maximum absolute atomic E-state index is 5.40. The molecule has 1 heterocycles. The maximum Gasteiger partial charge on any atom is 0.0967 e. The van der Waals surface area contributed by atoms with Gasteiger partial charge in [0.15, 0.2) is 0 Å². The predicted octanol–water partition coefficient (Wildman–Crippen LogP) is 3.61. The molecule has 0 bridgehead atoms. The largest absolute Gasteiger partial charge is 0.319 e. The first kappa shape index (κ1) is 12.2. The fraction of sp³-hybridized carbons (Fsp3) is 0.188. The molecule has 0 aliphatic rings. The summed E-state index contributed by atoms with van der Waals surface area (Å²) in [6, 6.07) is 10.2. The Balaban J connectivity index is 2.59. The van der Waals surface area contributed by atoms with E-state index in [-0.39, 0.29) is 0 Å². The molecule has 0 unspecified atom stereocenters. The third-order valence-electron chi connectivity index (χ3n) is 2.95. The Labute approximate surface area is 108 Å². The smallest absolute Gasteiger partial charge is 0.0967 e. The molecule has 2 heteroatoms. The summed E-state index contributed by atoms with van der Waals surface area (Å²) in [7, 11) is 0. The van der Waals surface area contributed by atoms with Crippen LogP contribution in [0.2, 0.25) is 0 Å². The normalized spacial score (nSPS) is 11.3. The molecule has 0 N–H and O–H groups in total. The summed E-state index contributed by atoms with van der Waals surface area (Å²) >= 11 is 0. The lowest BCUT2D eigenvalue weighted by atomic mass is 10.1. The molecule has 0 aliphatic carbocycles. The summed E-state index contributed by atoms with van der Waals surface area (Å²) in [6.07, 6.45) is 9.29. The quantitative estimate of drug-likeness (QED) is 0.744. The van der Waals surface area contributed by atoms with E-state index in [4.69, 9.17) is 6.42 Å². The van der Waals surface area contributed by atoms with E-state index in [9.17, 15) is 0 Å². The van der Waals surface area contributed by atoms with Crippen LogP contribution in [-0.2, 0) is 6.54 Å². The molecule has 0 spiro atoms. The molecule has 0 amide bonds. The van der Waals surface area contributed by atoms with Crippen molar-refractivity contribution < 1.29 is 0 Å². The number of allylic oxidation sites excluding steroid dienone is 2. The van der Waals surface area contributed by atoms with Gasteiger partial charge >= 0.3 is 0 Å². The fourth-order valence-electron chi connectivity index (χ4n) is 1.96. The Morgan fingerprint density at radius 1 is 1.39 bits per heavy atom. The van der Waals surface area contributed by atoms with Crippen LogP contribution in [0.15, 0.2) is 42.7 Å². The van der Waals surface area contributed by atoms with E-state index in [1.165, 1.54) is 5.57 Å². The molecule has 2 aromatic rings. The van der Waals surface area contributed by atoms with Crippen LogP contribution in [0.1, 0.15) is 19.5 Å². The predicted molar refractivity (Wildman–Crippen MR) is 75.8 cm³/mol. The highest BCUT2D eigenvalue weighted by atomic mass is 15.1. The Bertz CT molecular complexity index is 598. The van der Waals surface area contributed by atoms with Crippen molar-refractivity contribution in [3.63, 3.8) is 0 Å². The highest BCUT2D eigenvalue weighted by Crippen LogP contribution is 2.27. The van der Waals surface area contributed by atoms with Gasteiger partial charge in [-0.1, -0.05) is 42.3 Å². The number of hydrogen-bond acceptors (Lipinski definition) is 1. The molecular formula is C16H16N2. The van der Waals surface area contributed by atoms with Crippen LogP contribution in [0.25, 0.3) is 16.8 Å². The van der Waals surface area contributed by atoms with Gasteiger partial charge in [0, 0.05) is 5.56 Å². The van der Waals surface area contributed by atoms with Gasteiger partial charge < -0.3 is 4.57 Å². The van der Waals surface area contributed by atoms with Crippen molar-refractivity contribution in [2.75, 3.05) is 0 Å². The monoisotopic (exact) mass is 236 g/mol. The Kier molecular flexibility index (Phi) is 3.64. The standard InChI is InChI=1S/C16H16N2/c1-4-11-18-12-17-15(16(18)13(3)5-2)14-9-7-6-8-10-14/h1,5-10,12H,11H2,2-3H3/b13-5+. The lowest BCUT2D eigenvalue weighted by Gasteiger charge is -2.08. The van der Waals surface area contributed by atoms with Gasteiger partial charge in [0.1, 0.15) is 0 Å². The van der Waals surface area contributed by atoms with Crippen LogP contribution < -0.4 is 0 Å². The van der Waals surface area contributed by atoms with E-state index in [1.807, 2.05) is 36.0 Å². The maximum atomic E-state index is 5.40. The van der Waals surface area contributed by atoms with Crippen molar-refractivity contribution >= 4 is 5.57 Å². The molecule has 18 heavy (non-hydrogen) atoms. The summed E-state index contributed by atoms with van der Waals surface area (Å²) < 4.78 is 2.01. The van der Waals surface area contributed by atoms with Gasteiger partial charge in [-0.15, -0.1) is 6.42 Å². The van der Waals surface area contributed by atoms with Gasteiger partial charge in [-0.3, -0.25) is 0 Å². The average molecular weight is 236 g/mol. The summed E-state index contributed by atoms with van der Waals surface area (Å²) in [6.45, 7) is 4.65. The molecular weight excluding hydrogens is 220 g/mol. The van der Waals surface area contributed by atoms with Crippen molar-refractivity contribution in [1.29, 1.82) is 0 Å². The highest BCUT2D eigenvalue weighted by Gasteiger charge is 2.13. The van der Waals surface area contributed by atoms with Gasteiger partial charge in [0.05, 0.1) is 24.3 Å². The van der Waals surface area contributed by atoms with Crippen LogP contribution >= 0.6 is 0 Å². The minimum atomic E-state index is 0.542. The van der Waals surface area contributed by atoms with Crippen molar-refractivity contribution in [2.45, 2.75) is 20.4 Å². The molecule has 90 valence electrons. The van der Waals surface area contributed by atoms with Crippen molar-refractivity contribution in [1.82, 2.24) is 9.55 Å². The van der Waals surface area contributed by atoms with Gasteiger partial charge in [-0.25, -0.2) is 4.98 Å². The zero-order chi connectivity index (χ0) is 13.0. The Morgan fingerprint density at radius 2 is 2.11 bits per heavy atom. The zero-order valence-electron chi connectivity index (χ0n) is 10.7. The lowest BCUT2D eigenvalue weighted by Crippen LogP contribution is -1.99. The second-order valence-electron chi connectivity index (χ2n) is 4.11. The van der Waals surface area contributed by atoms with Crippen LogP contribution in [-0.4, -0.2) is 9.55 Å². The number of hydrogen-bond donors (Lipinski definition) is 0. The third-order valence-corrected chi connectivity index (χ3v) is 2.95. The molecule has 0 saturated heterocycles. The average Bonchev–Trinajstić information content (AvgIpc) is 2.83. The number of benzene rings is 1. The molecule has 2 rings (SSSR count). The second-order valence-corrected chi connectivity index (χ2v) is 4.11. The molecule has 1 aromatic carbocycles. The molecule has 1 aromatic heterocycles. The van der Waals surface area contributed by atoms with Gasteiger partial charge in [-0.2, -0.15) is 0 Å².